The second-order valence-corrected chi connectivity index (χ2v) is 12.1. The van der Waals surface area contributed by atoms with Crippen LogP contribution in [0.5, 0.6) is 11.5 Å². The molecular weight excluding hydrogens is 521 g/mol. The molecule has 3 rings (SSSR count). The van der Waals surface area contributed by atoms with Gasteiger partial charge in [-0.3, -0.25) is 13.9 Å². The number of nitrogens with zero attached hydrogens (tertiary/aromatic N) is 2. The summed E-state index contributed by atoms with van der Waals surface area (Å²) in [5.41, 5.74) is 0.312. The molecule has 8 nitrogen and oxygen atoms in total. The quantitative estimate of drug-likeness (QED) is 0.391. The number of hydrogen-bond donors (Lipinski definition) is 1. The number of rotatable bonds is 10. The third kappa shape index (κ3) is 8.81. The predicted octanol–water partition coefficient (Wildman–Crippen LogP) is 4.72. The van der Waals surface area contributed by atoms with Gasteiger partial charge in [0, 0.05) is 12.1 Å². The molecule has 0 radical (unpaired) electrons. The lowest BCUT2D eigenvalue weighted by atomic mass is 10.1. The first kappa shape index (κ1) is 29.6. The Hall–Kier alpha value is -3.92. The summed E-state index contributed by atoms with van der Waals surface area (Å²) < 4.78 is 45.7. The maximum absolute atomic E-state index is 13.6. The second kappa shape index (κ2) is 12.3. The summed E-state index contributed by atoms with van der Waals surface area (Å²) in [5.74, 6) is -0.301. The molecular formula is C29H34FN3O5S. The summed E-state index contributed by atoms with van der Waals surface area (Å²) in [6.07, 6.45) is 1.01. The van der Waals surface area contributed by atoms with Crippen molar-refractivity contribution in [1.82, 2.24) is 10.2 Å². The number of para-hydroxylation sites is 1. The highest BCUT2D eigenvalue weighted by atomic mass is 32.2. The van der Waals surface area contributed by atoms with Crippen LogP contribution in [-0.2, 0) is 26.2 Å². The molecule has 39 heavy (non-hydrogen) atoms. The van der Waals surface area contributed by atoms with Crippen LogP contribution in [0.1, 0.15) is 33.3 Å². The Balaban J connectivity index is 1.87. The molecule has 3 aromatic rings. The molecule has 0 aliphatic carbocycles. The number of amides is 2. The van der Waals surface area contributed by atoms with Gasteiger partial charge in [0.25, 0.3) is 0 Å². The number of carbonyl (C=O) groups is 2. The second-order valence-electron chi connectivity index (χ2n) is 10.2. The molecule has 0 spiro atoms. The molecule has 0 bridgehead atoms. The van der Waals surface area contributed by atoms with Crippen molar-refractivity contribution in [1.29, 1.82) is 0 Å². The third-order valence-electron chi connectivity index (χ3n) is 5.71. The largest absolute Gasteiger partial charge is 0.457 e. The van der Waals surface area contributed by atoms with E-state index in [1.165, 1.54) is 29.2 Å². The van der Waals surface area contributed by atoms with Gasteiger partial charge in [-0.25, -0.2) is 12.8 Å². The topological polar surface area (TPSA) is 96.0 Å². The maximum Gasteiger partial charge on any atom is 0.244 e. The number of sulfonamides is 1. The Labute approximate surface area is 229 Å². The number of anilines is 1. The van der Waals surface area contributed by atoms with Gasteiger partial charge in [-0.15, -0.1) is 0 Å². The van der Waals surface area contributed by atoms with Crippen LogP contribution in [0, 0.1) is 5.82 Å². The van der Waals surface area contributed by atoms with Gasteiger partial charge in [-0.2, -0.15) is 0 Å². The maximum atomic E-state index is 13.6. The fourth-order valence-corrected chi connectivity index (χ4v) is 4.61. The smallest absolute Gasteiger partial charge is 0.244 e. The van der Waals surface area contributed by atoms with E-state index >= 15 is 0 Å². The van der Waals surface area contributed by atoms with E-state index < -0.39 is 45.8 Å². The van der Waals surface area contributed by atoms with E-state index in [9.17, 15) is 22.4 Å². The zero-order valence-corrected chi connectivity index (χ0v) is 23.5. The zero-order valence-electron chi connectivity index (χ0n) is 22.7. The first-order valence-electron chi connectivity index (χ1n) is 12.4. The molecule has 0 heterocycles. The number of nitrogens with one attached hydrogen (secondary N) is 1. The lowest BCUT2D eigenvalue weighted by Gasteiger charge is -2.33. The minimum absolute atomic E-state index is 0.0146. The molecule has 0 unspecified atom stereocenters. The van der Waals surface area contributed by atoms with Crippen molar-refractivity contribution in [2.45, 2.75) is 45.8 Å². The molecule has 0 aromatic heterocycles. The Kier molecular flexibility index (Phi) is 9.34. The van der Waals surface area contributed by atoms with E-state index in [0.717, 1.165) is 10.6 Å². The molecule has 2 amide bonds. The van der Waals surface area contributed by atoms with E-state index in [2.05, 4.69) is 5.32 Å². The van der Waals surface area contributed by atoms with Crippen LogP contribution >= 0.6 is 0 Å². The van der Waals surface area contributed by atoms with Gasteiger partial charge in [-0.1, -0.05) is 30.3 Å². The van der Waals surface area contributed by atoms with Crippen LogP contribution in [-0.4, -0.2) is 49.5 Å². The highest BCUT2D eigenvalue weighted by Crippen LogP contribution is 2.26. The van der Waals surface area contributed by atoms with Gasteiger partial charge in [0.05, 0.1) is 11.9 Å². The summed E-state index contributed by atoms with van der Waals surface area (Å²) >= 11 is 0. The summed E-state index contributed by atoms with van der Waals surface area (Å²) in [7, 11) is -3.88. The van der Waals surface area contributed by atoms with Gasteiger partial charge in [0.15, 0.2) is 0 Å². The van der Waals surface area contributed by atoms with Crippen LogP contribution in [0.2, 0.25) is 0 Å². The average molecular weight is 556 g/mol. The molecule has 1 N–H and O–H groups in total. The van der Waals surface area contributed by atoms with Crippen LogP contribution < -0.4 is 14.4 Å². The Bertz CT molecular complexity index is 1370. The lowest BCUT2D eigenvalue weighted by molar-refractivity contribution is -0.140. The van der Waals surface area contributed by atoms with E-state index in [1.807, 2.05) is 39.0 Å². The van der Waals surface area contributed by atoms with Crippen molar-refractivity contribution in [3.05, 3.63) is 90.2 Å². The van der Waals surface area contributed by atoms with Crippen molar-refractivity contribution < 1.29 is 27.1 Å². The standard InChI is InChI=1S/C29H34FN3O5S/c1-21(28(35)31-29(2,3)4)32(19-22-11-13-23(30)14-12-22)27(34)20-33(39(5,36)37)24-15-17-26(18-16-24)38-25-9-7-6-8-10-25/h6-18,21H,19-20H2,1-5H3,(H,31,35)/t21-/m0/s1. The van der Waals surface area contributed by atoms with Crippen molar-refractivity contribution >= 4 is 27.5 Å². The summed E-state index contributed by atoms with van der Waals surface area (Å²) in [4.78, 5) is 27.9. The van der Waals surface area contributed by atoms with Gasteiger partial charge in [-0.05, 0) is 81.8 Å². The van der Waals surface area contributed by atoms with Crippen molar-refractivity contribution in [2.24, 2.45) is 0 Å². The molecule has 0 aliphatic rings. The average Bonchev–Trinajstić information content (AvgIpc) is 2.86. The minimum Gasteiger partial charge on any atom is -0.457 e. The molecule has 0 saturated carbocycles. The highest BCUT2D eigenvalue weighted by Gasteiger charge is 2.31. The summed E-state index contributed by atoms with van der Waals surface area (Å²) in [6, 6.07) is 20.1. The van der Waals surface area contributed by atoms with Crippen LogP contribution in [0.15, 0.2) is 78.9 Å². The summed E-state index contributed by atoms with van der Waals surface area (Å²) in [5, 5.41) is 2.85. The first-order chi connectivity index (χ1) is 18.2. The van der Waals surface area contributed by atoms with Crippen LogP contribution in [0.25, 0.3) is 0 Å². The van der Waals surface area contributed by atoms with Gasteiger partial charge in [0.2, 0.25) is 21.8 Å². The molecule has 3 aromatic carbocycles. The lowest BCUT2D eigenvalue weighted by Crippen LogP contribution is -2.54. The predicted molar refractivity (Wildman–Crippen MR) is 149 cm³/mol. The van der Waals surface area contributed by atoms with E-state index in [4.69, 9.17) is 4.74 Å². The van der Waals surface area contributed by atoms with Crippen molar-refractivity contribution in [3.8, 4) is 11.5 Å². The number of ether oxygens (including phenoxy) is 1. The normalized spacial score (nSPS) is 12.4. The van der Waals surface area contributed by atoms with E-state index in [-0.39, 0.29) is 12.2 Å². The molecule has 0 aliphatic heterocycles. The van der Waals surface area contributed by atoms with E-state index in [1.54, 1.807) is 43.3 Å². The molecule has 10 heteroatoms. The SMILES string of the molecule is C[C@@H](C(=O)NC(C)(C)C)N(Cc1ccc(F)cc1)C(=O)CN(c1ccc(Oc2ccccc2)cc1)S(C)(=O)=O. The zero-order chi connectivity index (χ0) is 28.8. The van der Waals surface area contributed by atoms with Crippen molar-refractivity contribution in [2.75, 3.05) is 17.1 Å². The van der Waals surface area contributed by atoms with Crippen LogP contribution in [0.4, 0.5) is 10.1 Å². The summed E-state index contributed by atoms with van der Waals surface area (Å²) in [6.45, 7) is 6.48. The third-order valence-corrected chi connectivity index (χ3v) is 6.86. The molecule has 1 atom stereocenters. The van der Waals surface area contributed by atoms with Gasteiger partial charge >= 0.3 is 0 Å². The number of hydrogen-bond acceptors (Lipinski definition) is 5. The Morgan fingerprint density at radius 2 is 1.49 bits per heavy atom. The van der Waals surface area contributed by atoms with Gasteiger partial charge in [0.1, 0.15) is 29.9 Å². The Morgan fingerprint density at radius 3 is 2.03 bits per heavy atom. The number of carbonyl (C=O) groups excluding carboxylic acids is 2. The Morgan fingerprint density at radius 1 is 0.923 bits per heavy atom. The number of benzene rings is 3. The van der Waals surface area contributed by atoms with Gasteiger partial charge < -0.3 is 15.0 Å². The highest BCUT2D eigenvalue weighted by molar-refractivity contribution is 7.92. The monoisotopic (exact) mass is 555 g/mol. The molecule has 0 fully saturated rings. The first-order valence-corrected chi connectivity index (χ1v) is 14.2. The fourth-order valence-electron chi connectivity index (χ4n) is 3.76. The molecule has 208 valence electrons. The minimum atomic E-state index is -3.88. The fraction of sp³-hybridized carbons (Fsp3) is 0.310. The van der Waals surface area contributed by atoms with Crippen molar-refractivity contribution in [3.63, 3.8) is 0 Å². The number of halogens is 1. The molecule has 0 saturated heterocycles. The van der Waals surface area contributed by atoms with E-state index in [0.29, 0.717) is 17.1 Å². The van der Waals surface area contributed by atoms with Crippen LogP contribution in [0.3, 0.4) is 0 Å².